The van der Waals surface area contributed by atoms with Gasteiger partial charge >= 0.3 is 0 Å². The van der Waals surface area contributed by atoms with Crippen LogP contribution in [0.15, 0.2) is 32.3 Å². The van der Waals surface area contributed by atoms with Crippen molar-refractivity contribution in [2.45, 2.75) is 38.2 Å². The van der Waals surface area contributed by atoms with Crippen LogP contribution < -0.4 is 5.56 Å². The number of hydrogen-bond acceptors (Lipinski definition) is 11. The maximum absolute atomic E-state index is 14.1. The normalized spacial score (nSPS) is 19.2. The number of benzene rings is 2. The van der Waals surface area contributed by atoms with Crippen molar-refractivity contribution >= 4 is 56.0 Å². The predicted octanol–water partition coefficient (Wildman–Crippen LogP) is 3.34. The predicted molar refractivity (Wildman–Crippen MR) is 150 cm³/mol. The Morgan fingerprint density at radius 1 is 1.00 bits per heavy atom. The van der Waals surface area contributed by atoms with Crippen LogP contribution in [0.4, 0.5) is 0 Å². The van der Waals surface area contributed by atoms with Gasteiger partial charge in [-0.1, -0.05) is 5.16 Å². The van der Waals surface area contributed by atoms with Crippen LogP contribution in [0.5, 0.6) is 17.2 Å². The second kappa shape index (κ2) is 9.11. The number of carbonyl (C=O) groups is 4. The molecule has 214 valence electrons. The van der Waals surface area contributed by atoms with Crippen LogP contribution in [0.25, 0.3) is 10.8 Å². The molecule has 0 bridgehead atoms. The number of nitrogens with zero attached hydrogens (tertiary/aromatic N) is 1. The Bertz CT molecular complexity index is 1970. The van der Waals surface area contributed by atoms with Gasteiger partial charge < -0.3 is 29.9 Å². The summed E-state index contributed by atoms with van der Waals surface area (Å²) in [6.07, 6.45) is 1.81. The van der Waals surface area contributed by atoms with Crippen LogP contribution in [-0.4, -0.2) is 62.9 Å². The van der Waals surface area contributed by atoms with Gasteiger partial charge in [0.1, 0.15) is 28.8 Å². The number of aromatic hydroxyl groups is 3. The van der Waals surface area contributed by atoms with Crippen LogP contribution in [0.2, 0.25) is 0 Å². The van der Waals surface area contributed by atoms with E-state index in [4.69, 9.17) is 9.57 Å². The number of aromatic nitrogens is 1. The number of nitrogens with one attached hydrogen (secondary N) is 1. The summed E-state index contributed by atoms with van der Waals surface area (Å²) in [5.74, 6) is -6.78. The quantitative estimate of drug-likeness (QED) is 0.143. The third-order valence-electron chi connectivity index (χ3n) is 7.83. The molecule has 0 radical (unpaired) electrons. The largest absolute Gasteiger partial charge is 0.507 e. The molecule has 42 heavy (non-hydrogen) atoms. The Hall–Kier alpha value is -4.78. The summed E-state index contributed by atoms with van der Waals surface area (Å²) in [5, 5.41) is 37.6. The summed E-state index contributed by atoms with van der Waals surface area (Å²) in [4.78, 5) is 74.9. The number of H-pyrrole nitrogens is 1. The highest BCUT2D eigenvalue weighted by atomic mass is 79.9. The van der Waals surface area contributed by atoms with Gasteiger partial charge in [-0.05, 0) is 54.2 Å². The SMILES string of the molecule is COC1=CC(=O)c2c(O)c3c(c(O)c2C1=O)C(=O)[C@]1(CCc2c1c(O)c1c(=O)[nH]c(/C=N/OC(C)C)cc1c2Br)C3=O. The average molecular weight is 637 g/mol. The Labute approximate surface area is 244 Å². The first-order valence-corrected chi connectivity index (χ1v) is 13.5. The van der Waals surface area contributed by atoms with Gasteiger partial charge in [0.2, 0.25) is 5.78 Å². The number of ketones is 4. The number of methoxy groups -OCH3 is 1. The first-order chi connectivity index (χ1) is 19.9. The first kappa shape index (κ1) is 27.4. The Morgan fingerprint density at radius 2 is 1.64 bits per heavy atom. The van der Waals surface area contributed by atoms with Crippen molar-refractivity contribution in [2.75, 3.05) is 7.11 Å². The molecule has 6 rings (SSSR count). The van der Waals surface area contributed by atoms with Gasteiger partial charge in [-0.25, -0.2) is 0 Å². The minimum absolute atomic E-state index is 0.0893. The second-order valence-corrected chi connectivity index (χ2v) is 11.2. The van der Waals surface area contributed by atoms with Gasteiger partial charge in [-0.3, -0.25) is 24.0 Å². The number of rotatable bonds is 4. The Balaban J connectivity index is 1.59. The highest BCUT2D eigenvalue weighted by Crippen LogP contribution is 2.58. The zero-order valence-electron chi connectivity index (χ0n) is 22.2. The van der Waals surface area contributed by atoms with E-state index in [1.165, 1.54) is 12.3 Å². The van der Waals surface area contributed by atoms with Crippen LogP contribution in [0, 0.1) is 0 Å². The number of carbonyl (C=O) groups excluding carboxylic acids is 4. The lowest BCUT2D eigenvalue weighted by molar-refractivity contribution is 0.0790. The molecular weight excluding hydrogens is 616 g/mol. The van der Waals surface area contributed by atoms with E-state index < -0.39 is 79.4 Å². The molecule has 13 heteroatoms. The van der Waals surface area contributed by atoms with E-state index in [1.54, 1.807) is 13.8 Å². The number of phenols is 3. The molecule has 2 aromatic carbocycles. The maximum Gasteiger partial charge on any atom is 0.260 e. The fourth-order valence-corrected chi connectivity index (χ4v) is 6.79. The molecular formula is C29H21BrN2O10. The van der Waals surface area contributed by atoms with Gasteiger partial charge in [-0.15, -0.1) is 0 Å². The molecule has 0 aliphatic heterocycles. The van der Waals surface area contributed by atoms with Crippen molar-refractivity contribution in [3.8, 4) is 17.2 Å². The molecule has 0 amide bonds. The minimum atomic E-state index is -2.14. The molecule has 0 saturated heterocycles. The van der Waals surface area contributed by atoms with E-state index in [-0.39, 0.29) is 41.0 Å². The van der Waals surface area contributed by atoms with Crippen LogP contribution in [-0.2, 0) is 21.4 Å². The molecule has 4 N–H and O–H groups in total. The molecule has 1 atom stereocenters. The topological polar surface area (TPSA) is 193 Å². The number of pyridine rings is 1. The Morgan fingerprint density at radius 3 is 2.26 bits per heavy atom. The van der Waals surface area contributed by atoms with Crippen molar-refractivity contribution in [1.29, 1.82) is 0 Å². The van der Waals surface area contributed by atoms with E-state index in [9.17, 15) is 39.3 Å². The summed E-state index contributed by atoms with van der Waals surface area (Å²) >= 11 is 3.47. The fraction of sp³-hybridized carbons (Fsp3) is 0.241. The molecule has 0 fully saturated rings. The fourth-order valence-electron chi connectivity index (χ4n) is 6.08. The highest BCUT2D eigenvalue weighted by molar-refractivity contribution is 9.10. The first-order valence-electron chi connectivity index (χ1n) is 12.7. The number of allylic oxidation sites excluding steroid dienone is 2. The number of aromatic amines is 1. The second-order valence-electron chi connectivity index (χ2n) is 10.4. The zero-order valence-corrected chi connectivity index (χ0v) is 23.8. The number of oxime groups is 1. The van der Waals surface area contributed by atoms with Gasteiger partial charge in [0.15, 0.2) is 23.1 Å². The minimum Gasteiger partial charge on any atom is -0.507 e. The molecule has 12 nitrogen and oxygen atoms in total. The average Bonchev–Trinajstić information content (AvgIpc) is 3.44. The van der Waals surface area contributed by atoms with Gasteiger partial charge in [-0.2, -0.15) is 0 Å². The van der Waals surface area contributed by atoms with Crippen LogP contribution >= 0.6 is 15.9 Å². The summed E-state index contributed by atoms with van der Waals surface area (Å²) < 4.78 is 5.26. The van der Waals surface area contributed by atoms with E-state index in [0.29, 0.717) is 10.0 Å². The van der Waals surface area contributed by atoms with Crippen LogP contribution in [0.1, 0.15) is 78.5 Å². The number of phenolic OH excluding ortho intramolecular Hbond substituents is 3. The van der Waals surface area contributed by atoms with Gasteiger partial charge in [0, 0.05) is 21.5 Å². The molecule has 0 unspecified atom stereocenters. The lowest BCUT2D eigenvalue weighted by Gasteiger charge is -2.23. The lowest BCUT2D eigenvalue weighted by atomic mass is 9.76. The standard InChI is InChI=1S/C29H21BrN2O10/c1-9(2)42-31-8-10-6-12-15(28(40)32-10)25(37)20-11(21(12)30)4-5-29(20)26(38)18-19(27(29)39)24(36)17-16(23(18)35)13(33)7-14(41-3)22(17)34/h6-9,35-37H,4-5H2,1-3H3,(H,32,40)/b31-8+/t29-/m0/s1. The number of hydrogen-bond donors (Lipinski definition) is 4. The van der Waals surface area contributed by atoms with Gasteiger partial charge in [0.05, 0.1) is 46.7 Å². The molecule has 3 aromatic rings. The smallest absolute Gasteiger partial charge is 0.260 e. The molecule has 1 heterocycles. The summed E-state index contributed by atoms with van der Waals surface area (Å²) in [6, 6.07) is 1.54. The maximum atomic E-state index is 14.1. The van der Waals surface area contributed by atoms with Crippen molar-refractivity contribution in [3.05, 3.63) is 71.8 Å². The van der Waals surface area contributed by atoms with Crippen molar-refractivity contribution < 1.29 is 44.1 Å². The number of fused-ring (bicyclic) bond motifs is 5. The lowest BCUT2D eigenvalue weighted by Crippen LogP contribution is -2.36. The van der Waals surface area contributed by atoms with Crippen molar-refractivity contribution in [3.63, 3.8) is 0 Å². The van der Waals surface area contributed by atoms with E-state index in [0.717, 1.165) is 13.2 Å². The highest BCUT2D eigenvalue weighted by Gasteiger charge is 2.62. The summed E-state index contributed by atoms with van der Waals surface area (Å²) in [6.45, 7) is 3.55. The zero-order chi connectivity index (χ0) is 30.4. The van der Waals surface area contributed by atoms with E-state index >= 15 is 0 Å². The molecule has 1 aromatic heterocycles. The van der Waals surface area contributed by atoms with Crippen LogP contribution in [0.3, 0.4) is 0 Å². The number of Topliss-reactive ketones (excluding diaryl/α,β-unsaturated/α-hetero) is 3. The van der Waals surface area contributed by atoms with Crippen molar-refractivity contribution in [1.82, 2.24) is 4.98 Å². The van der Waals surface area contributed by atoms with E-state index in [1.807, 2.05) is 0 Å². The monoisotopic (exact) mass is 636 g/mol. The molecule has 3 aliphatic carbocycles. The number of ether oxygens (including phenoxy) is 1. The van der Waals surface area contributed by atoms with Crippen molar-refractivity contribution in [2.24, 2.45) is 5.16 Å². The van der Waals surface area contributed by atoms with Gasteiger partial charge in [0.25, 0.3) is 5.56 Å². The Kier molecular flexibility index (Phi) is 5.94. The molecule has 0 saturated carbocycles. The third-order valence-corrected chi connectivity index (χ3v) is 8.73. The third kappa shape index (κ3) is 3.33. The molecule has 3 aliphatic rings. The number of halogens is 1. The van der Waals surface area contributed by atoms with E-state index in [2.05, 4.69) is 26.1 Å². The molecule has 1 spiro atoms. The summed E-state index contributed by atoms with van der Waals surface area (Å²) in [5.41, 5.74) is -5.00. The summed E-state index contributed by atoms with van der Waals surface area (Å²) in [7, 11) is 1.13.